The Bertz CT molecular complexity index is 1190. The Morgan fingerprint density at radius 2 is 2.00 bits per heavy atom. The first kappa shape index (κ1) is 19.0. The van der Waals surface area contributed by atoms with Crippen LogP contribution in [0.4, 0.5) is 0 Å². The number of likely N-dealkylation sites (tertiary alicyclic amines) is 1. The number of hydrogen-bond acceptors (Lipinski definition) is 6. The lowest BCUT2D eigenvalue weighted by molar-refractivity contribution is 0.0675. The molecule has 1 fully saturated rings. The molecule has 8 heteroatoms. The van der Waals surface area contributed by atoms with Gasteiger partial charge in [-0.2, -0.15) is 10.1 Å². The van der Waals surface area contributed by atoms with Crippen molar-refractivity contribution in [1.29, 1.82) is 0 Å². The first-order valence-electron chi connectivity index (χ1n) is 10.3. The smallest absolute Gasteiger partial charge is 0.264 e. The molecule has 0 saturated carbocycles. The summed E-state index contributed by atoms with van der Waals surface area (Å²) in [4.78, 5) is 21.7. The predicted molar refractivity (Wildman–Crippen MR) is 115 cm³/mol. The van der Waals surface area contributed by atoms with Crippen molar-refractivity contribution in [1.82, 2.24) is 24.8 Å². The van der Waals surface area contributed by atoms with Crippen LogP contribution in [0.5, 0.6) is 0 Å². The zero-order chi connectivity index (χ0) is 20.7. The fourth-order valence-corrected chi connectivity index (χ4v) is 5.25. The second kappa shape index (κ2) is 7.68. The Balaban J connectivity index is 1.53. The van der Waals surface area contributed by atoms with Crippen LogP contribution in [0.2, 0.25) is 0 Å². The number of fused-ring (bicyclic) bond motifs is 1. The summed E-state index contributed by atoms with van der Waals surface area (Å²) >= 11 is 1.50. The fraction of sp³-hybridized carbons (Fsp3) is 0.364. The molecule has 0 N–H and O–H groups in total. The van der Waals surface area contributed by atoms with Gasteiger partial charge in [-0.05, 0) is 38.0 Å². The number of amides is 1. The van der Waals surface area contributed by atoms with Crippen molar-refractivity contribution in [3.8, 4) is 5.69 Å². The van der Waals surface area contributed by atoms with Crippen LogP contribution in [0, 0.1) is 13.8 Å². The molecule has 1 aromatic carbocycles. The molecule has 0 radical (unpaired) electrons. The van der Waals surface area contributed by atoms with Gasteiger partial charge in [0.15, 0.2) is 5.82 Å². The van der Waals surface area contributed by atoms with Crippen LogP contribution in [0.15, 0.2) is 40.9 Å². The molecule has 4 aromatic rings. The van der Waals surface area contributed by atoms with Gasteiger partial charge in [-0.15, -0.1) is 11.3 Å². The van der Waals surface area contributed by atoms with Gasteiger partial charge in [0, 0.05) is 18.9 Å². The summed E-state index contributed by atoms with van der Waals surface area (Å²) in [5.41, 5.74) is 1.91. The molecule has 4 heterocycles. The van der Waals surface area contributed by atoms with E-state index in [2.05, 4.69) is 15.2 Å². The molecular weight excluding hydrogens is 398 g/mol. The normalized spacial score (nSPS) is 17.4. The maximum absolute atomic E-state index is 13.6. The van der Waals surface area contributed by atoms with E-state index in [0.29, 0.717) is 18.3 Å². The van der Waals surface area contributed by atoms with Gasteiger partial charge in [-0.25, -0.2) is 4.68 Å². The largest absolute Gasteiger partial charge is 0.340 e. The Morgan fingerprint density at radius 3 is 2.77 bits per heavy atom. The predicted octanol–water partition coefficient (Wildman–Crippen LogP) is 4.84. The quantitative estimate of drug-likeness (QED) is 0.473. The molecule has 5 rings (SSSR count). The number of para-hydroxylation sites is 1. The van der Waals surface area contributed by atoms with Gasteiger partial charge >= 0.3 is 0 Å². The summed E-state index contributed by atoms with van der Waals surface area (Å²) in [6, 6.07) is 11.9. The molecule has 1 atom stereocenters. The standard InChI is InChI=1S/C22H23N5O2S/c1-14-17-13-19(30-22(17)27(24-14)16-9-5-3-6-10-16)21(28)26-12-8-4-7-11-18(26)20-23-15(2)29-25-20/h3,5-6,9-10,13,18H,4,7-8,11-12H2,1-2H3. The molecule has 1 aliphatic rings. The van der Waals surface area contributed by atoms with E-state index in [1.807, 2.05) is 52.9 Å². The molecule has 1 unspecified atom stereocenters. The van der Waals surface area contributed by atoms with Gasteiger partial charge in [0.25, 0.3) is 5.91 Å². The lowest BCUT2D eigenvalue weighted by Crippen LogP contribution is -2.35. The maximum Gasteiger partial charge on any atom is 0.264 e. The maximum atomic E-state index is 13.6. The Hall–Kier alpha value is -3.00. The van der Waals surface area contributed by atoms with E-state index in [9.17, 15) is 4.79 Å². The van der Waals surface area contributed by atoms with Crippen LogP contribution in [-0.4, -0.2) is 37.3 Å². The topological polar surface area (TPSA) is 77.1 Å². The highest BCUT2D eigenvalue weighted by molar-refractivity contribution is 7.20. The molecule has 0 bridgehead atoms. The number of hydrogen-bond donors (Lipinski definition) is 0. The van der Waals surface area contributed by atoms with Gasteiger partial charge < -0.3 is 9.42 Å². The Labute approximate surface area is 178 Å². The van der Waals surface area contributed by atoms with Gasteiger partial charge in [-0.1, -0.05) is 36.2 Å². The average molecular weight is 422 g/mol. The third-order valence-electron chi connectivity index (χ3n) is 5.61. The highest BCUT2D eigenvalue weighted by Gasteiger charge is 2.32. The number of aryl methyl sites for hydroxylation is 2. The van der Waals surface area contributed by atoms with Crippen LogP contribution in [0.25, 0.3) is 15.9 Å². The molecule has 1 aliphatic heterocycles. The van der Waals surface area contributed by atoms with Gasteiger partial charge in [0.05, 0.1) is 22.3 Å². The first-order chi connectivity index (χ1) is 14.6. The summed E-state index contributed by atoms with van der Waals surface area (Å²) in [7, 11) is 0. The number of nitrogens with zero attached hydrogens (tertiary/aromatic N) is 5. The molecule has 1 saturated heterocycles. The van der Waals surface area contributed by atoms with Crippen molar-refractivity contribution in [2.75, 3.05) is 6.54 Å². The minimum atomic E-state index is -0.144. The SMILES string of the molecule is Cc1nc(C2CCCCCN2C(=O)c2cc3c(C)nn(-c4ccccc4)c3s2)no1. The summed E-state index contributed by atoms with van der Waals surface area (Å²) in [6.07, 6.45) is 4.00. The van der Waals surface area contributed by atoms with Crippen molar-refractivity contribution >= 4 is 27.5 Å². The van der Waals surface area contributed by atoms with Crippen molar-refractivity contribution < 1.29 is 9.32 Å². The molecule has 1 amide bonds. The van der Waals surface area contributed by atoms with Crippen LogP contribution in [0.1, 0.15) is 58.8 Å². The summed E-state index contributed by atoms with van der Waals surface area (Å²) in [5, 5.41) is 9.82. The molecule has 0 aliphatic carbocycles. The van der Waals surface area contributed by atoms with Gasteiger partial charge in [-0.3, -0.25) is 4.79 Å². The van der Waals surface area contributed by atoms with Crippen LogP contribution in [-0.2, 0) is 0 Å². The lowest BCUT2D eigenvalue weighted by Gasteiger charge is -2.27. The van der Waals surface area contributed by atoms with Crippen molar-refractivity contribution in [3.63, 3.8) is 0 Å². The van der Waals surface area contributed by atoms with Crippen LogP contribution < -0.4 is 0 Å². The number of thiophene rings is 1. The van der Waals surface area contributed by atoms with Crippen LogP contribution >= 0.6 is 11.3 Å². The number of carbonyl (C=O) groups is 1. The first-order valence-corrected chi connectivity index (χ1v) is 11.1. The van der Waals surface area contributed by atoms with Crippen molar-refractivity contribution in [2.45, 2.75) is 45.6 Å². The van der Waals surface area contributed by atoms with E-state index in [1.165, 1.54) is 11.3 Å². The number of aromatic nitrogens is 4. The number of carbonyl (C=O) groups excluding carboxylic acids is 1. The minimum absolute atomic E-state index is 0.0320. The van der Waals surface area contributed by atoms with Crippen LogP contribution in [0.3, 0.4) is 0 Å². The minimum Gasteiger partial charge on any atom is -0.340 e. The lowest BCUT2D eigenvalue weighted by atomic mass is 10.1. The van der Waals surface area contributed by atoms with E-state index < -0.39 is 0 Å². The third-order valence-corrected chi connectivity index (χ3v) is 6.71. The highest BCUT2D eigenvalue weighted by atomic mass is 32.1. The molecule has 3 aromatic heterocycles. The summed E-state index contributed by atoms with van der Waals surface area (Å²) in [5.74, 6) is 1.17. The van der Waals surface area contributed by atoms with E-state index in [0.717, 1.165) is 52.2 Å². The monoisotopic (exact) mass is 421 g/mol. The zero-order valence-electron chi connectivity index (χ0n) is 17.0. The van der Waals surface area contributed by atoms with Gasteiger partial charge in [0.2, 0.25) is 5.89 Å². The number of rotatable bonds is 3. The molecular formula is C22H23N5O2S. The van der Waals surface area contributed by atoms with E-state index in [4.69, 9.17) is 4.52 Å². The van der Waals surface area contributed by atoms with Crippen molar-refractivity contribution in [2.24, 2.45) is 0 Å². The summed E-state index contributed by atoms with van der Waals surface area (Å²) < 4.78 is 7.13. The third kappa shape index (κ3) is 3.31. The second-order valence-corrected chi connectivity index (χ2v) is 8.73. The Kier molecular flexibility index (Phi) is 4.86. The number of benzene rings is 1. The van der Waals surface area contributed by atoms with E-state index in [-0.39, 0.29) is 11.9 Å². The highest BCUT2D eigenvalue weighted by Crippen LogP contribution is 2.35. The molecule has 0 spiro atoms. The second-order valence-electron chi connectivity index (χ2n) is 7.70. The van der Waals surface area contributed by atoms with Crippen molar-refractivity contribution in [3.05, 3.63) is 58.7 Å². The summed E-state index contributed by atoms with van der Waals surface area (Å²) in [6.45, 7) is 4.47. The van der Waals surface area contributed by atoms with E-state index >= 15 is 0 Å². The Morgan fingerprint density at radius 1 is 1.17 bits per heavy atom. The molecule has 7 nitrogen and oxygen atoms in total. The molecule has 154 valence electrons. The van der Waals surface area contributed by atoms with E-state index in [1.54, 1.807) is 6.92 Å². The van der Waals surface area contributed by atoms with Gasteiger partial charge in [0.1, 0.15) is 4.83 Å². The fourth-order valence-electron chi connectivity index (χ4n) is 4.11. The average Bonchev–Trinajstić information content (AvgIpc) is 3.40. The molecule has 30 heavy (non-hydrogen) atoms. The zero-order valence-corrected chi connectivity index (χ0v) is 17.9.